The molecule has 1 fully saturated rings. The van der Waals surface area contributed by atoms with Gasteiger partial charge in [-0.1, -0.05) is 23.7 Å². The summed E-state index contributed by atoms with van der Waals surface area (Å²) in [6, 6.07) is 11.3. The van der Waals surface area contributed by atoms with Crippen LogP contribution in [0.4, 0.5) is 13.2 Å². The number of carbonyl (C=O) groups excluding carboxylic acids is 1. The average molecular weight is 505 g/mol. The lowest BCUT2D eigenvalue weighted by atomic mass is 9.77. The predicted molar refractivity (Wildman–Crippen MR) is 124 cm³/mol. The number of rotatable bonds is 5. The van der Waals surface area contributed by atoms with E-state index in [9.17, 15) is 18.0 Å². The summed E-state index contributed by atoms with van der Waals surface area (Å²) in [5.74, 6) is -0.0949. The molecule has 1 aliphatic heterocycles. The molecule has 0 aliphatic carbocycles. The van der Waals surface area contributed by atoms with Crippen molar-refractivity contribution in [1.29, 1.82) is 0 Å². The van der Waals surface area contributed by atoms with Gasteiger partial charge in [0.1, 0.15) is 6.10 Å². The first kappa shape index (κ1) is 24.9. The number of hydrogen-bond acceptors (Lipinski definition) is 5. The van der Waals surface area contributed by atoms with Crippen molar-refractivity contribution < 1.29 is 22.7 Å². The van der Waals surface area contributed by atoms with Gasteiger partial charge < -0.3 is 9.64 Å². The van der Waals surface area contributed by atoms with Gasteiger partial charge in [0.05, 0.1) is 23.0 Å². The van der Waals surface area contributed by atoms with E-state index in [4.69, 9.17) is 16.3 Å². The average Bonchev–Trinajstić information content (AvgIpc) is 2.83. The van der Waals surface area contributed by atoms with Crippen LogP contribution in [-0.4, -0.2) is 45.2 Å². The van der Waals surface area contributed by atoms with E-state index in [1.807, 2.05) is 19.1 Å². The third-order valence-corrected chi connectivity index (χ3v) is 6.50. The Hall–Kier alpha value is -3.20. The van der Waals surface area contributed by atoms with Gasteiger partial charge in [-0.05, 0) is 50.1 Å². The van der Waals surface area contributed by atoms with E-state index in [0.29, 0.717) is 35.8 Å². The number of hydrogen-bond donors (Lipinski definition) is 0. The second-order valence-corrected chi connectivity index (χ2v) is 9.09. The molecule has 1 aliphatic rings. The number of aromatic nitrogens is 3. The minimum Gasteiger partial charge on any atom is -0.474 e. The van der Waals surface area contributed by atoms with E-state index in [1.54, 1.807) is 30.0 Å². The molecule has 1 saturated heterocycles. The lowest BCUT2D eigenvalue weighted by molar-refractivity contribution is -0.137. The first-order chi connectivity index (χ1) is 16.6. The van der Waals surface area contributed by atoms with E-state index in [0.717, 1.165) is 17.8 Å². The molecule has 1 aromatic carbocycles. The van der Waals surface area contributed by atoms with Crippen LogP contribution in [0.5, 0.6) is 5.88 Å². The molecule has 3 unspecified atom stereocenters. The highest BCUT2D eigenvalue weighted by atomic mass is 35.5. The van der Waals surface area contributed by atoms with Gasteiger partial charge in [0.2, 0.25) is 5.88 Å². The zero-order valence-electron chi connectivity index (χ0n) is 19.2. The minimum atomic E-state index is -4.46. The van der Waals surface area contributed by atoms with E-state index >= 15 is 0 Å². The SMILES string of the molecule is Cc1cc(C(=O)N2CCC(C(C)Oc3ccc(C(F)(F)F)cn3)C(c3ccc(Cl)cc3)C2)cnn1. The van der Waals surface area contributed by atoms with Crippen molar-refractivity contribution in [3.8, 4) is 5.88 Å². The summed E-state index contributed by atoms with van der Waals surface area (Å²) in [4.78, 5) is 18.8. The van der Waals surface area contributed by atoms with Crippen molar-refractivity contribution in [1.82, 2.24) is 20.1 Å². The second kappa shape index (κ2) is 10.2. The molecule has 6 nitrogen and oxygen atoms in total. The number of amides is 1. The van der Waals surface area contributed by atoms with Crippen LogP contribution in [-0.2, 0) is 6.18 Å². The highest BCUT2D eigenvalue weighted by molar-refractivity contribution is 6.30. The van der Waals surface area contributed by atoms with Crippen LogP contribution in [0.1, 0.15) is 46.4 Å². The van der Waals surface area contributed by atoms with Crippen molar-refractivity contribution in [3.63, 3.8) is 0 Å². The number of ether oxygens (including phenoxy) is 1. The molecule has 0 spiro atoms. The molecule has 10 heteroatoms. The molecule has 0 saturated carbocycles. The topological polar surface area (TPSA) is 68.2 Å². The fourth-order valence-corrected chi connectivity index (χ4v) is 4.57. The molecule has 2 aromatic heterocycles. The highest BCUT2D eigenvalue weighted by Crippen LogP contribution is 2.37. The molecular formula is C25H24ClF3N4O2. The molecule has 3 heterocycles. The predicted octanol–water partition coefficient (Wildman–Crippen LogP) is 5.57. The number of pyridine rings is 1. The molecule has 4 rings (SSSR count). The Labute approximate surface area is 206 Å². The summed E-state index contributed by atoms with van der Waals surface area (Å²) in [6.07, 6.45) is -1.95. The second-order valence-electron chi connectivity index (χ2n) is 8.65. The van der Waals surface area contributed by atoms with Gasteiger partial charge in [-0.25, -0.2) is 4.98 Å². The normalized spacial score (nSPS) is 19.3. The molecule has 184 valence electrons. The van der Waals surface area contributed by atoms with E-state index < -0.39 is 11.7 Å². The van der Waals surface area contributed by atoms with Crippen LogP contribution in [0.15, 0.2) is 54.9 Å². The number of likely N-dealkylation sites (tertiary alicyclic amines) is 1. The monoisotopic (exact) mass is 504 g/mol. The van der Waals surface area contributed by atoms with Crippen molar-refractivity contribution in [2.45, 2.75) is 38.5 Å². The third kappa shape index (κ3) is 5.90. The summed E-state index contributed by atoms with van der Waals surface area (Å²) in [5, 5.41) is 8.41. The van der Waals surface area contributed by atoms with Crippen molar-refractivity contribution in [2.75, 3.05) is 13.1 Å². The Balaban J connectivity index is 1.55. The number of piperidine rings is 1. The Morgan fingerprint density at radius 1 is 1.17 bits per heavy atom. The summed E-state index contributed by atoms with van der Waals surface area (Å²) < 4.78 is 44.5. The largest absolute Gasteiger partial charge is 0.474 e. The lowest BCUT2D eigenvalue weighted by Gasteiger charge is -2.41. The smallest absolute Gasteiger partial charge is 0.417 e. The maximum atomic E-state index is 13.2. The third-order valence-electron chi connectivity index (χ3n) is 6.25. The molecule has 0 N–H and O–H groups in total. The van der Waals surface area contributed by atoms with Crippen molar-refractivity contribution >= 4 is 17.5 Å². The molecule has 0 radical (unpaired) electrons. The van der Waals surface area contributed by atoms with Crippen molar-refractivity contribution in [2.24, 2.45) is 5.92 Å². The first-order valence-electron chi connectivity index (χ1n) is 11.2. The van der Waals surface area contributed by atoms with E-state index in [-0.39, 0.29) is 29.7 Å². The number of nitrogens with zero attached hydrogens (tertiary/aromatic N) is 4. The molecule has 3 aromatic rings. The maximum absolute atomic E-state index is 13.2. The zero-order chi connectivity index (χ0) is 25.2. The Morgan fingerprint density at radius 3 is 2.54 bits per heavy atom. The van der Waals surface area contributed by atoms with Gasteiger partial charge in [0.25, 0.3) is 5.91 Å². The first-order valence-corrected chi connectivity index (χ1v) is 11.5. The Kier molecular flexibility index (Phi) is 7.25. The molecule has 35 heavy (non-hydrogen) atoms. The Morgan fingerprint density at radius 2 is 1.91 bits per heavy atom. The van der Waals surface area contributed by atoms with Crippen LogP contribution in [0, 0.1) is 12.8 Å². The number of carbonyl (C=O) groups is 1. The van der Waals surface area contributed by atoms with Crippen LogP contribution in [0.3, 0.4) is 0 Å². The summed E-state index contributed by atoms with van der Waals surface area (Å²) >= 11 is 6.09. The van der Waals surface area contributed by atoms with Crippen LogP contribution in [0.25, 0.3) is 0 Å². The molecule has 0 bridgehead atoms. The number of alkyl halides is 3. The van der Waals surface area contributed by atoms with Gasteiger partial charge in [-0.3, -0.25) is 4.79 Å². The zero-order valence-corrected chi connectivity index (χ0v) is 19.9. The number of benzene rings is 1. The van der Waals surface area contributed by atoms with Gasteiger partial charge >= 0.3 is 6.18 Å². The van der Waals surface area contributed by atoms with Crippen LogP contribution in [0.2, 0.25) is 5.02 Å². The number of aryl methyl sites for hydroxylation is 1. The molecule has 1 amide bonds. The fraction of sp³-hybridized carbons (Fsp3) is 0.360. The molecule has 3 atom stereocenters. The van der Waals surface area contributed by atoms with Gasteiger partial charge in [-0.2, -0.15) is 23.4 Å². The summed E-state index contributed by atoms with van der Waals surface area (Å²) in [6.45, 7) is 4.60. The van der Waals surface area contributed by atoms with Crippen LogP contribution < -0.4 is 4.74 Å². The quantitative estimate of drug-likeness (QED) is 0.454. The highest BCUT2D eigenvalue weighted by Gasteiger charge is 2.37. The van der Waals surface area contributed by atoms with Gasteiger partial charge in [0.15, 0.2) is 0 Å². The fourth-order valence-electron chi connectivity index (χ4n) is 4.45. The van der Waals surface area contributed by atoms with Gasteiger partial charge in [-0.15, -0.1) is 0 Å². The molecular weight excluding hydrogens is 481 g/mol. The van der Waals surface area contributed by atoms with Gasteiger partial charge in [0, 0.05) is 42.2 Å². The van der Waals surface area contributed by atoms with E-state index in [2.05, 4.69) is 15.2 Å². The standard InChI is InChI=1S/C25H24ClF3N4O2/c1-15-11-18(12-31-32-15)24(34)33-10-9-21(22(14-33)17-3-6-20(26)7-4-17)16(2)35-23-8-5-19(13-30-23)25(27,28)29/h3-8,11-13,16,21-22H,9-10,14H2,1-2H3. The van der Waals surface area contributed by atoms with E-state index in [1.165, 1.54) is 12.3 Å². The Bertz CT molecular complexity index is 1170. The summed E-state index contributed by atoms with van der Waals surface area (Å²) in [5.41, 5.74) is 1.30. The number of halogens is 4. The van der Waals surface area contributed by atoms with Crippen molar-refractivity contribution in [3.05, 3.63) is 82.3 Å². The van der Waals surface area contributed by atoms with Crippen LogP contribution >= 0.6 is 11.6 Å². The lowest BCUT2D eigenvalue weighted by Crippen LogP contribution is -2.46. The summed E-state index contributed by atoms with van der Waals surface area (Å²) in [7, 11) is 0. The minimum absolute atomic E-state index is 0.0124. The maximum Gasteiger partial charge on any atom is 0.417 e.